The number of rotatable bonds is 6. The molecule has 1 saturated heterocycles. The Balaban J connectivity index is 1.44. The Morgan fingerprint density at radius 1 is 1.11 bits per heavy atom. The number of halogens is 1. The summed E-state index contributed by atoms with van der Waals surface area (Å²) in [5, 5.41) is -0.851. The van der Waals surface area contributed by atoms with Crippen LogP contribution in [0.4, 0.5) is 10.2 Å². The molecule has 4 rings (SSSR count). The summed E-state index contributed by atoms with van der Waals surface area (Å²) in [4.78, 5) is 9.39. The summed E-state index contributed by atoms with van der Waals surface area (Å²) >= 11 is 0. The lowest BCUT2D eigenvalue weighted by molar-refractivity contribution is 0.0803. The van der Waals surface area contributed by atoms with E-state index in [4.69, 9.17) is 4.74 Å². The van der Waals surface area contributed by atoms with Crippen molar-refractivity contribution in [2.45, 2.75) is 76.7 Å². The number of hydrogen-bond donors (Lipinski definition) is 0. The van der Waals surface area contributed by atoms with Crippen molar-refractivity contribution in [1.29, 1.82) is 0 Å². The minimum Gasteiger partial charge on any atom is -0.473 e. The number of piperazine rings is 1. The van der Waals surface area contributed by atoms with Crippen molar-refractivity contribution in [2.75, 3.05) is 31.1 Å². The van der Waals surface area contributed by atoms with Crippen molar-refractivity contribution >= 4 is 21.7 Å². The molecule has 3 heterocycles. The Morgan fingerprint density at radius 2 is 1.78 bits per heavy atom. The topological polar surface area (TPSA) is 75.1 Å². The highest BCUT2D eigenvalue weighted by atomic mass is 32.2. The van der Waals surface area contributed by atoms with Crippen LogP contribution in [0.15, 0.2) is 47.0 Å². The first kappa shape index (κ1) is 27.5. The Labute approximate surface area is 220 Å². The van der Waals surface area contributed by atoms with Gasteiger partial charge in [0.1, 0.15) is 22.5 Å². The van der Waals surface area contributed by atoms with E-state index < -0.39 is 20.9 Å². The second-order valence-electron chi connectivity index (χ2n) is 11.7. The van der Waals surface area contributed by atoms with Crippen LogP contribution in [0.25, 0.3) is 0 Å². The molecule has 202 valence electrons. The van der Waals surface area contributed by atoms with Gasteiger partial charge in [-0.1, -0.05) is 31.2 Å². The number of anilines is 1. The molecule has 2 aliphatic heterocycles. The smallest absolute Gasteiger partial charge is 0.263 e. The molecule has 1 aromatic heterocycles. The van der Waals surface area contributed by atoms with E-state index in [1.54, 1.807) is 38.2 Å². The molecule has 1 aromatic carbocycles. The van der Waals surface area contributed by atoms with Gasteiger partial charge in [-0.15, -0.1) is 4.40 Å². The molecule has 0 radical (unpaired) electrons. The number of pyridine rings is 1. The molecule has 2 atom stereocenters. The van der Waals surface area contributed by atoms with E-state index in [1.807, 2.05) is 19.1 Å². The summed E-state index contributed by atoms with van der Waals surface area (Å²) in [6, 6.07) is 10.4. The third-order valence-electron chi connectivity index (χ3n) is 7.44. The molecule has 1 fully saturated rings. The summed E-state index contributed by atoms with van der Waals surface area (Å²) in [5.41, 5.74) is 0.493. The standard InChI is InChI=1S/C28H39FN4O3S/c1-20(22-9-7-8-10-23(22)29)17-26-31-37(34,35)24(28(5,6)36-26)18-21-11-12-25(30-19-21)32-13-15-33(16-14-32)27(2,3)4/h7-12,19-20,24H,13-18H2,1-6H3/t20-,24?/m1/s1. The lowest BCUT2D eigenvalue weighted by Gasteiger charge is -2.42. The number of benzene rings is 1. The van der Waals surface area contributed by atoms with Crippen molar-refractivity contribution in [1.82, 2.24) is 9.88 Å². The molecule has 37 heavy (non-hydrogen) atoms. The van der Waals surface area contributed by atoms with E-state index >= 15 is 0 Å². The summed E-state index contributed by atoms with van der Waals surface area (Å²) in [6.45, 7) is 15.9. The van der Waals surface area contributed by atoms with Gasteiger partial charge in [-0.3, -0.25) is 4.90 Å². The van der Waals surface area contributed by atoms with Crippen LogP contribution in [-0.2, 0) is 21.2 Å². The Hall–Kier alpha value is -2.52. The Kier molecular flexibility index (Phi) is 7.68. The molecule has 2 aliphatic rings. The maximum atomic E-state index is 14.2. The summed E-state index contributed by atoms with van der Waals surface area (Å²) < 4.78 is 50.8. The average molecular weight is 531 g/mol. The van der Waals surface area contributed by atoms with Gasteiger partial charge in [-0.2, -0.15) is 0 Å². The van der Waals surface area contributed by atoms with Gasteiger partial charge >= 0.3 is 0 Å². The van der Waals surface area contributed by atoms with E-state index in [-0.39, 0.29) is 36.0 Å². The van der Waals surface area contributed by atoms with Gasteiger partial charge in [0.25, 0.3) is 10.0 Å². The van der Waals surface area contributed by atoms with E-state index in [0.717, 1.165) is 37.6 Å². The van der Waals surface area contributed by atoms with E-state index in [9.17, 15) is 12.8 Å². The predicted octanol–water partition coefficient (Wildman–Crippen LogP) is 4.78. The third kappa shape index (κ3) is 6.32. The molecular formula is C28H39FN4O3S. The fraction of sp³-hybridized carbons (Fsp3) is 0.571. The van der Waals surface area contributed by atoms with Gasteiger partial charge in [-0.05, 0) is 70.2 Å². The lowest BCUT2D eigenvalue weighted by Crippen LogP contribution is -2.53. The highest BCUT2D eigenvalue weighted by Gasteiger charge is 2.46. The molecule has 2 aromatic rings. The minimum absolute atomic E-state index is 0.125. The number of hydrogen-bond acceptors (Lipinski definition) is 6. The second-order valence-corrected chi connectivity index (χ2v) is 13.5. The third-order valence-corrected chi connectivity index (χ3v) is 9.36. The zero-order valence-electron chi connectivity index (χ0n) is 22.7. The first-order valence-electron chi connectivity index (χ1n) is 13.0. The number of sulfonamides is 1. The SMILES string of the molecule is C[C@H](CC1=NS(=O)(=O)C(Cc2ccc(N3CCN(C(C)(C)C)CC3)nc2)C(C)(C)O1)c1ccccc1F. The first-order chi connectivity index (χ1) is 17.3. The van der Waals surface area contributed by atoms with Crippen molar-refractivity contribution in [3.8, 4) is 0 Å². The fourth-order valence-electron chi connectivity index (χ4n) is 5.17. The Bertz CT molecular complexity index is 1230. The van der Waals surface area contributed by atoms with Crippen LogP contribution in [0.1, 0.15) is 65.0 Å². The maximum Gasteiger partial charge on any atom is 0.263 e. The number of nitrogens with zero attached hydrogens (tertiary/aromatic N) is 4. The highest BCUT2D eigenvalue weighted by Crippen LogP contribution is 2.34. The predicted molar refractivity (Wildman–Crippen MR) is 146 cm³/mol. The van der Waals surface area contributed by atoms with Crippen LogP contribution in [-0.4, -0.2) is 66.8 Å². The minimum atomic E-state index is -3.84. The summed E-state index contributed by atoms with van der Waals surface area (Å²) in [7, 11) is -3.84. The number of aromatic nitrogens is 1. The van der Waals surface area contributed by atoms with Crippen LogP contribution >= 0.6 is 0 Å². The first-order valence-corrected chi connectivity index (χ1v) is 14.5. The molecular weight excluding hydrogens is 491 g/mol. The lowest BCUT2D eigenvalue weighted by atomic mass is 9.96. The van der Waals surface area contributed by atoms with Crippen molar-refractivity contribution in [3.63, 3.8) is 0 Å². The summed E-state index contributed by atoms with van der Waals surface area (Å²) in [5.74, 6) is 0.435. The van der Waals surface area contributed by atoms with Gasteiger partial charge < -0.3 is 9.64 Å². The molecule has 7 nitrogen and oxygen atoms in total. The molecule has 0 N–H and O–H groups in total. The monoisotopic (exact) mass is 530 g/mol. The largest absolute Gasteiger partial charge is 0.473 e. The molecule has 0 amide bonds. The molecule has 9 heteroatoms. The van der Waals surface area contributed by atoms with E-state index in [0.29, 0.717) is 5.56 Å². The number of ether oxygens (including phenoxy) is 1. The van der Waals surface area contributed by atoms with E-state index in [1.165, 1.54) is 6.07 Å². The molecule has 0 saturated carbocycles. The quantitative estimate of drug-likeness (QED) is 0.535. The second kappa shape index (κ2) is 10.3. The maximum absolute atomic E-state index is 14.2. The molecule has 0 spiro atoms. The average Bonchev–Trinajstić information content (AvgIpc) is 2.81. The van der Waals surface area contributed by atoms with Gasteiger partial charge in [-0.25, -0.2) is 17.8 Å². The van der Waals surface area contributed by atoms with E-state index in [2.05, 4.69) is 40.0 Å². The summed E-state index contributed by atoms with van der Waals surface area (Å²) in [6.07, 6.45) is 2.21. The Morgan fingerprint density at radius 3 is 2.35 bits per heavy atom. The van der Waals surface area contributed by atoms with Gasteiger partial charge in [0.05, 0.1) is 0 Å². The van der Waals surface area contributed by atoms with Crippen molar-refractivity contribution in [3.05, 3.63) is 59.5 Å². The van der Waals surface area contributed by atoms with Crippen LogP contribution < -0.4 is 4.90 Å². The molecule has 0 aliphatic carbocycles. The highest BCUT2D eigenvalue weighted by molar-refractivity contribution is 7.91. The zero-order chi connectivity index (χ0) is 27.0. The van der Waals surface area contributed by atoms with Crippen LogP contribution in [0.2, 0.25) is 0 Å². The van der Waals surface area contributed by atoms with Gasteiger partial charge in [0.15, 0.2) is 0 Å². The normalized spacial score (nSPS) is 22.7. The molecule has 1 unspecified atom stereocenters. The van der Waals surface area contributed by atoms with Crippen LogP contribution in [0, 0.1) is 5.82 Å². The van der Waals surface area contributed by atoms with Crippen molar-refractivity contribution < 1.29 is 17.5 Å². The van der Waals surface area contributed by atoms with Crippen LogP contribution in [0.5, 0.6) is 0 Å². The van der Waals surface area contributed by atoms with Crippen LogP contribution in [0.3, 0.4) is 0 Å². The van der Waals surface area contributed by atoms with Crippen molar-refractivity contribution in [2.24, 2.45) is 4.40 Å². The fourth-order valence-corrected chi connectivity index (χ4v) is 6.87. The van der Waals surface area contributed by atoms with Gasteiger partial charge in [0.2, 0.25) is 5.90 Å². The zero-order valence-corrected chi connectivity index (χ0v) is 23.6. The molecule has 0 bridgehead atoms. The van der Waals surface area contributed by atoms with Gasteiger partial charge in [0, 0.05) is 44.3 Å².